The van der Waals surface area contributed by atoms with Crippen molar-refractivity contribution in [3.05, 3.63) is 35.4 Å². The number of carboxylic acids is 1. The summed E-state index contributed by atoms with van der Waals surface area (Å²) < 4.78 is 0. The van der Waals surface area contributed by atoms with Crippen molar-refractivity contribution in [3.63, 3.8) is 0 Å². The number of carboxylic acid groups (broad SMARTS) is 1. The van der Waals surface area contributed by atoms with Gasteiger partial charge in [0.15, 0.2) is 0 Å². The third-order valence-electron chi connectivity index (χ3n) is 4.36. The molecule has 0 saturated carbocycles. The number of benzene rings is 1. The lowest BCUT2D eigenvalue weighted by Gasteiger charge is -2.26. The second kappa shape index (κ2) is 7.57. The third kappa shape index (κ3) is 4.55. The van der Waals surface area contributed by atoms with Crippen LogP contribution in [0.2, 0.25) is 0 Å². The van der Waals surface area contributed by atoms with E-state index in [1.807, 2.05) is 12.1 Å². The molecule has 0 amide bonds. The van der Waals surface area contributed by atoms with Gasteiger partial charge in [0.05, 0.1) is 6.42 Å². The molecule has 0 aliphatic carbocycles. The Morgan fingerprint density at radius 3 is 2.43 bits per heavy atom. The van der Waals surface area contributed by atoms with E-state index in [0.717, 1.165) is 38.3 Å². The van der Waals surface area contributed by atoms with Crippen LogP contribution < -0.4 is 0 Å². The maximum Gasteiger partial charge on any atom is 0.307 e. The molecule has 0 radical (unpaired) electrons. The van der Waals surface area contributed by atoms with Gasteiger partial charge in [0.2, 0.25) is 0 Å². The number of hydrogen-bond acceptors (Lipinski definition) is 3. The number of aliphatic carboxylic acids is 1. The van der Waals surface area contributed by atoms with Crippen LogP contribution in [0.15, 0.2) is 24.3 Å². The molecule has 4 heteroatoms. The SMILES string of the molecule is CCN(CC)C1CCN(Cc2ccc(CC(=O)O)cc2)C1. The van der Waals surface area contributed by atoms with Crippen LogP contribution in [0.5, 0.6) is 0 Å². The molecular weight excluding hydrogens is 264 g/mol. The molecule has 1 aliphatic rings. The van der Waals surface area contributed by atoms with Gasteiger partial charge in [0.1, 0.15) is 0 Å². The predicted octanol–water partition coefficient (Wildman–Crippen LogP) is 2.23. The van der Waals surface area contributed by atoms with E-state index >= 15 is 0 Å². The zero-order chi connectivity index (χ0) is 15.2. The standard InChI is InChI=1S/C17H26N2O2/c1-3-19(4-2)16-9-10-18(13-16)12-15-7-5-14(6-8-15)11-17(20)21/h5-8,16H,3-4,9-13H2,1-2H3,(H,20,21). The fourth-order valence-corrected chi connectivity index (χ4v) is 3.19. The van der Waals surface area contributed by atoms with Crippen molar-refractivity contribution in [2.45, 2.75) is 39.3 Å². The maximum absolute atomic E-state index is 10.7. The maximum atomic E-state index is 10.7. The molecule has 1 fully saturated rings. The highest BCUT2D eigenvalue weighted by atomic mass is 16.4. The zero-order valence-corrected chi connectivity index (χ0v) is 13.1. The Bertz CT molecular complexity index is 454. The first kappa shape index (κ1) is 16.0. The van der Waals surface area contributed by atoms with Crippen LogP contribution in [0.25, 0.3) is 0 Å². The summed E-state index contributed by atoms with van der Waals surface area (Å²) in [6.45, 7) is 9.96. The minimum atomic E-state index is -0.774. The van der Waals surface area contributed by atoms with Gasteiger partial charge in [-0.15, -0.1) is 0 Å². The molecule has 1 saturated heterocycles. The highest BCUT2D eigenvalue weighted by molar-refractivity contribution is 5.70. The first-order valence-corrected chi connectivity index (χ1v) is 7.88. The van der Waals surface area contributed by atoms with Gasteiger partial charge in [-0.1, -0.05) is 38.1 Å². The number of carbonyl (C=O) groups is 1. The summed E-state index contributed by atoms with van der Waals surface area (Å²) >= 11 is 0. The van der Waals surface area contributed by atoms with Crippen LogP contribution in [0, 0.1) is 0 Å². The smallest absolute Gasteiger partial charge is 0.307 e. The highest BCUT2D eigenvalue weighted by Gasteiger charge is 2.25. The van der Waals surface area contributed by atoms with Gasteiger partial charge in [-0.25, -0.2) is 0 Å². The topological polar surface area (TPSA) is 43.8 Å². The molecule has 4 nitrogen and oxygen atoms in total. The van der Waals surface area contributed by atoms with E-state index in [-0.39, 0.29) is 6.42 Å². The molecule has 2 rings (SSSR count). The average molecular weight is 290 g/mol. The molecule has 0 spiro atoms. The van der Waals surface area contributed by atoms with Crippen molar-refractivity contribution in [2.24, 2.45) is 0 Å². The normalized spacial score (nSPS) is 19.3. The molecule has 1 aliphatic heterocycles. The van der Waals surface area contributed by atoms with Gasteiger partial charge in [-0.3, -0.25) is 14.6 Å². The lowest BCUT2D eigenvalue weighted by Crippen LogP contribution is -2.37. The van der Waals surface area contributed by atoms with Crippen LogP contribution in [0.4, 0.5) is 0 Å². The highest BCUT2D eigenvalue weighted by Crippen LogP contribution is 2.18. The first-order valence-electron chi connectivity index (χ1n) is 7.88. The van der Waals surface area contributed by atoms with Crippen LogP contribution in [0.3, 0.4) is 0 Å². The first-order chi connectivity index (χ1) is 10.1. The lowest BCUT2D eigenvalue weighted by atomic mass is 10.1. The fraction of sp³-hybridized carbons (Fsp3) is 0.588. The van der Waals surface area contributed by atoms with E-state index in [1.165, 1.54) is 12.0 Å². The number of likely N-dealkylation sites (tertiary alicyclic amines) is 1. The Balaban J connectivity index is 1.87. The van der Waals surface area contributed by atoms with E-state index in [9.17, 15) is 4.79 Å². The van der Waals surface area contributed by atoms with Gasteiger partial charge in [-0.2, -0.15) is 0 Å². The molecule has 1 N–H and O–H groups in total. The molecule has 1 aromatic rings. The van der Waals surface area contributed by atoms with Crippen LogP contribution in [0.1, 0.15) is 31.4 Å². The Morgan fingerprint density at radius 2 is 1.86 bits per heavy atom. The molecule has 21 heavy (non-hydrogen) atoms. The van der Waals surface area contributed by atoms with E-state index in [1.54, 1.807) is 0 Å². The van der Waals surface area contributed by atoms with Crippen molar-refractivity contribution in [1.29, 1.82) is 0 Å². The van der Waals surface area contributed by atoms with Crippen molar-refractivity contribution in [1.82, 2.24) is 9.80 Å². The van der Waals surface area contributed by atoms with Crippen molar-refractivity contribution in [3.8, 4) is 0 Å². The number of nitrogens with zero attached hydrogens (tertiary/aromatic N) is 2. The summed E-state index contributed by atoms with van der Waals surface area (Å²) in [5.74, 6) is -0.774. The quantitative estimate of drug-likeness (QED) is 0.836. The van der Waals surface area contributed by atoms with Gasteiger partial charge >= 0.3 is 5.97 Å². The predicted molar refractivity (Wildman–Crippen MR) is 84.4 cm³/mol. The number of hydrogen-bond donors (Lipinski definition) is 1. The largest absolute Gasteiger partial charge is 0.481 e. The molecule has 0 aromatic heterocycles. The van der Waals surface area contributed by atoms with Crippen molar-refractivity contribution >= 4 is 5.97 Å². The minimum absolute atomic E-state index is 0.105. The van der Waals surface area contributed by atoms with Gasteiger partial charge in [0.25, 0.3) is 0 Å². The van der Waals surface area contributed by atoms with Gasteiger partial charge in [0, 0.05) is 25.7 Å². The van der Waals surface area contributed by atoms with E-state index < -0.39 is 5.97 Å². The molecule has 1 atom stereocenters. The van der Waals surface area contributed by atoms with Crippen LogP contribution in [-0.2, 0) is 17.8 Å². The molecule has 116 valence electrons. The van der Waals surface area contributed by atoms with E-state index in [0.29, 0.717) is 6.04 Å². The molecule has 0 bridgehead atoms. The second-order valence-electron chi connectivity index (χ2n) is 5.79. The van der Waals surface area contributed by atoms with E-state index in [4.69, 9.17) is 5.11 Å². The van der Waals surface area contributed by atoms with Gasteiger partial charge < -0.3 is 5.11 Å². The third-order valence-corrected chi connectivity index (χ3v) is 4.36. The molecule has 1 aromatic carbocycles. The van der Waals surface area contributed by atoms with Gasteiger partial charge in [-0.05, 0) is 30.6 Å². The van der Waals surface area contributed by atoms with E-state index in [2.05, 4.69) is 35.8 Å². The number of likely N-dealkylation sites (N-methyl/N-ethyl adjacent to an activating group) is 1. The summed E-state index contributed by atoms with van der Waals surface area (Å²) in [6, 6.07) is 8.67. The monoisotopic (exact) mass is 290 g/mol. The fourth-order valence-electron chi connectivity index (χ4n) is 3.19. The summed E-state index contributed by atoms with van der Waals surface area (Å²) in [7, 11) is 0. The van der Waals surface area contributed by atoms with Crippen molar-refractivity contribution in [2.75, 3.05) is 26.2 Å². The Hall–Kier alpha value is -1.39. The zero-order valence-electron chi connectivity index (χ0n) is 13.1. The Morgan fingerprint density at radius 1 is 1.24 bits per heavy atom. The van der Waals surface area contributed by atoms with Crippen molar-refractivity contribution < 1.29 is 9.90 Å². The molecule has 1 heterocycles. The average Bonchev–Trinajstić information content (AvgIpc) is 2.90. The lowest BCUT2D eigenvalue weighted by molar-refractivity contribution is -0.136. The summed E-state index contributed by atoms with van der Waals surface area (Å²) in [5.41, 5.74) is 2.14. The van der Waals surface area contributed by atoms with Crippen LogP contribution >= 0.6 is 0 Å². The van der Waals surface area contributed by atoms with Crippen LogP contribution in [-0.4, -0.2) is 53.1 Å². The minimum Gasteiger partial charge on any atom is -0.481 e. The Labute approximate surface area is 127 Å². The molecule has 1 unspecified atom stereocenters. The molecular formula is C17H26N2O2. The summed E-state index contributed by atoms with van der Waals surface area (Å²) in [6.07, 6.45) is 1.35. The second-order valence-corrected chi connectivity index (χ2v) is 5.79. The number of rotatable bonds is 7. The Kier molecular flexibility index (Phi) is 5.76. The summed E-state index contributed by atoms with van der Waals surface area (Å²) in [4.78, 5) is 15.7. The summed E-state index contributed by atoms with van der Waals surface area (Å²) in [5, 5.41) is 8.78.